The molecule has 144 valence electrons. The van der Waals surface area contributed by atoms with Crippen LogP contribution in [0.2, 0.25) is 0 Å². The van der Waals surface area contributed by atoms with E-state index in [-0.39, 0.29) is 5.91 Å². The number of aromatic nitrogens is 1. The van der Waals surface area contributed by atoms with Crippen molar-refractivity contribution in [3.05, 3.63) is 29.5 Å². The predicted molar refractivity (Wildman–Crippen MR) is 103 cm³/mol. The molecule has 1 aromatic carbocycles. The molecule has 0 fully saturated rings. The van der Waals surface area contributed by atoms with Crippen LogP contribution in [0.25, 0.3) is 0 Å². The van der Waals surface area contributed by atoms with Gasteiger partial charge in [0.1, 0.15) is 16.3 Å². The highest BCUT2D eigenvalue weighted by Crippen LogP contribution is 2.28. The molecule has 0 unspecified atom stereocenters. The number of amides is 2. The van der Waals surface area contributed by atoms with Crippen molar-refractivity contribution in [2.24, 2.45) is 0 Å². The summed E-state index contributed by atoms with van der Waals surface area (Å²) in [5.74, 6) is -1.03. The molecule has 0 atom stereocenters. The fraction of sp³-hybridized carbons (Fsp3) is 0.294. The highest BCUT2D eigenvalue weighted by molar-refractivity contribution is 7.10. The lowest BCUT2D eigenvalue weighted by atomic mass is 10.2. The molecule has 0 aliphatic heterocycles. The zero-order valence-corrected chi connectivity index (χ0v) is 16.2. The Balaban J connectivity index is 2.04. The summed E-state index contributed by atoms with van der Waals surface area (Å²) in [5, 5.41) is 8.65. The zero-order valence-electron chi connectivity index (χ0n) is 15.3. The Kier molecular flexibility index (Phi) is 6.72. The second-order valence-corrected chi connectivity index (χ2v) is 6.22. The molecule has 3 N–H and O–H groups in total. The van der Waals surface area contributed by atoms with E-state index in [4.69, 9.17) is 9.47 Å². The van der Waals surface area contributed by atoms with Crippen LogP contribution in [-0.2, 0) is 14.3 Å². The summed E-state index contributed by atoms with van der Waals surface area (Å²) in [6.07, 6.45) is 0. The zero-order chi connectivity index (χ0) is 20.0. The average molecular weight is 392 g/mol. The summed E-state index contributed by atoms with van der Waals surface area (Å²) in [4.78, 5) is 35.6. The van der Waals surface area contributed by atoms with Gasteiger partial charge in [0.2, 0.25) is 5.91 Å². The molecule has 2 aromatic rings. The Hall–Kier alpha value is -3.14. The third-order valence-electron chi connectivity index (χ3n) is 3.42. The molecule has 1 heterocycles. The van der Waals surface area contributed by atoms with Crippen LogP contribution >= 0.6 is 11.5 Å². The first-order valence-corrected chi connectivity index (χ1v) is 8.69. The fourth-order valence-electron chi connectivity index (χ4n) is 2.26. The van der Waals surface area contributed by atoms with E-state index in [0.717, 1.165) is 11.5 Å². The molecule has 0 aliphatic rings. The van der Waals surface area contributed by atoms with Crippen LogP contribution in [0.5, 0.6) is 5.75 Å². The first kappa shape index (κ1) is 20.2. The predicted octanol–water partition coefficient (Wildman–Crippen LogP) is 2.26. The monoisotopic (exact) mass is 392 g/mol. The van der Waals surface area contributed by atoms with E-state index in [2.05, 4.69) is 20.3 Å². The maximum Gasteiger partial charge on any atom is 0.343 e. The Morgan fingerprint density at radius 3 is 2.59 bits per heavy atom. The van der Waals surface area contributed by atoms with Crippen molar-refractivity contribution in [1.29, 1.82) is 0 Å². The number of hydrogen-bond donors (Lipinski definition) is 3. The normalized spacial score (nSPS) is 10.1. The Morgan fingerprint density at radius 2 is 1.96 bits per heavy atom. The highest BCUT2D eigenvalue weighted by Gasteiger charge is 2.20. The van der Waals surface area contributed by atoms with Gasteiger partial charge in [0.05, 0.1) is 18.5 Å². The molecule has 1 aromatic heterocycles. The van der Waals surface area contributed by atoms with Gasteiger partial charge < -0.3 is 25.4 Å². The van der Waals surface area contributed by atoms with E-state index in [0.29, 0.717) is 33.4 Å². The van der Waals surface area contributed by atoms with E-state index in [9.17, 15) is 14.4 Å². The van der Waals surface area contributed by atoms with Crippen molar-refractivity contribution in [2.45, 2.75) is 13.8 Å². The summed E-state index contributed by atoms with van der Waals surface area (Å²) in [6.45, 7) is 2.58. The van der Waals surface area contributed by atoms with Gasteiger partial charge in [-0.15, -0.1) is 0 Å². The topological polar surface area (TPSA) is 119 Å². The summed E-state index contributed by atoms with van der Waals surface area (Å²) in [7, 11) is 3.12. The van der Waals surface area contributed by atoms with Crippen LogP contribution in [0.15, 0.2) is 18.2 Å². The van der Waals surface area contributed by atoms with Crippen LogP contribution in [0.1, 0.15) is 23.0 Å². The number of nitrogens with one attached hydrogen (secondary N) is 3. The molecule has 0 saturated carbocycles. The summed E-state index contributed by atoms with van der Waals surface area (Å²) >= 11 is 1.14. The number of benzene rings is 1. The van der Waals surface area contributed by atoms with E-state index in [1.807, 2.05) is 0 Å². The fourth-order valence-corrected chi connectivity index (χ4v) is 2.99. The third-order valence-corrected chi connectivity index (χ3v) is 4.38. The second-order valence-electron chi connectivity index (χ2n) is 5.44. The molecule has 0 spiro atoms. The van der Waals surface area contributed by atoms with Gasteiger partial charge in [0, 0.05) is 19.7 Å². The SMILES string of the molecule is CNc1snc(C)c1C(=O)OCC(=O)Nc1cc(NC(C)=O)ccc1OC. The molecule has 27 heavy (non-hydrogen) atoms. The first-order valence-electron chi connectivity index (χ1n) is 7.92. The van der Waals surface area contributed by atoms with Gasteiger partial charge in [-0.3, -0.25) is 9.59 Å². The van der Waals surface area contributed by atoms with Crippen molar-refractivity contribution in [3.63, 3.8) is 0 Å². The van der Waals surface area contributed by atoms with Crippen molar-refractivity contribution < 1.29 is 23.9 Å². The number of carbonyl (C=O) groups excluding carboxylic acids is 3. The van der Waals surface area contributed by atoms with Crippen LogP contribution < -0.4 is 20.7 Å². The molecule has 9 nitrogen and oxygen atoms in total. The van der Waals surface area contributed by atoms with Gasteiger partial charge in [-0.1, -0.05) is 0 Å². The summed E-state index contributed by atoms with van der Waals surface area (Å²) in [6, 6.07) is 4.79. The van der Waals surface area contributed by atoms with Crippen molar-refractivity contribution in [2.75, 3.05) is 36.7 Å². The van der Waals surface area contributed by atoms with E-state index in [1.165, 1.54) is 14.0 Å². The summed E-state index contributed by atoms with van der Waals surface area (Å²) in [5.41, 5.74) is 1.67. The molecule has 10 heteroatoms. The Bertz CT molecular complexity index is 865. The minimum Gasteiger partial charge on any atom is -0.495 e. The maximum absolute atomic E-state index is 12.2. The maximum atomic E-state index is 12.2. The van der Waals surface area contributed by atoms with E-state index < -0.39 is 18.5 Å². The lowest BCUT2D eigenvalue weighted by Crippen LogP contribution is -2.21. The average Bonchev–Trinajstić information content (AvgIpc) is 3.00. The molecular weight excluding hydrogens is 372 g/mol. The van der Waals surface area contributed by atoms with E-state index >= 15 is 0 Å². The highest BCUT2D eigenvalue weighted by atomic mass is 32.1. The van der Waals surface area contributed by atoms with Crippen molar-refractivity contribution in [3.8, 4) is 5.75 Å². The number of aryl methyl sites for hydroxylation is 1. The first-order chi connectivity index (χ1) is 12.8. The largest absolute Gasteiger partial charge is 0.495 e. The van der Waals surface area contributed by atoms with Crippen LogP contribution in [0, 0.1) is 6.92 Å². The van der Waals surface area contributed by atoms with Crippen molar-refractivity contribution in [1.82, 2.24) is 4.37 Å². The quantitative estimate of drug-likeness (QED) is 0.618. The second kappa shape index (κ2) is 8.99. The molecule has 0 saturated heterocycles. The number of esters is 1. The number of nitrogens with zero attached hydrogens (tertiary/aromatic N) is 1. The third kappa shape index (κ3) is 5.17. The standard InChI is InChI=1S/C17H20N4O5S/c1-9-15(16(18-3)27-21-9)17(24)26-8-14(23)20-12-7-11(19-10(2)22)5-6-13(12)25-4/h5-7,18H,8H2,1-4H3,(H,19,22)(H,20,23). The van der Waals surface area contributed by atoms with Crippen LogP contribution in [-0.4, -0.2) is 42.9 Å². The molecule has 0 bridgehead atoms. The number of anilines is 3. The molecule has 0 radical (unpaired) electrons. The molecular formula is C17H20N4O5S. The lowest BCUT2D eigenvalue weighted by molar-refractivity contribution is -0.119. The van der Waals surface area contributed by atoms with Crippen LogP contribution in [0.3, 0.4) is 0 Å². The van der Waals surface area contributed by atoms with Crippen molar-refractivity contribution >= 4 is 45.7 Å². The lowest BCUT2D eigenvalue weighted by Gasteiger charge is -2.12. The number of hydrogen-bond acceptors (Lipinski definition) is 8. The minimum atomic E-state index is -0.639. The summed E-state index contributed by atoms with van der Waals surface area (Å²) < 4.78 is 14.3. The van der Waals surface area contributed by atoms with Gasteiger partial charge in [0.25, 0.3) is 5.91 Å². The van der Waals surface area contributed by atoms with Crippen LogP contribution in [0.4, 0.5) is 16.4 Å². The number of rotatable bonds is 7. The Labute approximate surface area is 160 Å². The molecule has 2 rings (SSSR count). The number of ether oxygens (including phenoxy) is 2. The van der Waals surface area contributed by atoms with Gasteiger partial charge in [-0.25, -0.2) is 4.79 Å². The molecule has 2 amide bonds. The smallest absolute Gasteiger partial charge is 0.343 e. The number of methoxy groups -OCH3 is 1. The Morgan fingerprint density at radius 1 is 1.22 bits per heavy atom. The van der Waals surface area contributed by atoms with Gasteiger partial charge in [0.15, 0.2) is 6.61 Å². The van der Waals surface area contributed by atoms with Gasteiger partial charge in [-0.2, -0.15) is 4.37 Å². The van der Waals surface area contributed by atoms with E-state index in [1.54, 1.807) is 32.2 Å². The van der Waals surface area contributed by atoms with Gasteiger partial charge >= 0.3 is 5.97 Å². The van der Waals surface area contributed by atoms with Gasteiger partial charge in [-0.05, 0) is 36.7 Å². The number of carbonyl (C=O) groups is 3. The molecule has 0 aliphatic carbocycles. The minimum absolute atomic E-state index is 0.244.